The predicted octanol–water partition coefficient (Wildman–Crippen LogP) is 4.99. The summed E-state index contributed by atoms with van der Waals surface area (Å²) in [5, 5.41) is 4.84. The molecular formula is C24H22N2. The molecule has 2 nitrogen and oxygen atoms in total. The first kappa shape index (κ1) is 15.4. The van der Waals surface area contributed by atoms with Gasteiger partial charge in [0.2, 0.25) is 0 Å². The third-order valence-corrected chi connectivity index (χ3v) is 5.38. The molecule has 1 aromatic heterocycles. The van der Waals surface area contributed by atoms with Crippen molar-refractivity contribution in [2.24, 2.45) is 0 Å². The van der Waals surface area contributed by atoms with Gasteiger partial charge < -0.3 is 10.3 Å². The molecule has 0 radical (unpaired) electrons. The molecule has 1 unspecified atom stereocenters. The molecule has 1 aliphatic rings. The summed E-state index contributed by atoms with van der Waals surface area (Å²) in [4.78, 5) is 3.41. The molecule has 4 aromatic rings. The molecule has 0 amide bonds. The molecule has 128 valence electrons. The number of nitrogens with one attached hydrogen (secondary N) is 2. The fourth-order valence-electron chi connectivity index (χ4n) is 3.96. The van der Waals surface area contributed by atoms with E-state index in [4.69, 9.17) is 0 Å². The Balaban J connectivity index is 1.24. The lowest BCUT2D eigenvalue weighted by molar-refractivity contribution is 0.687. The molecule has 5 rings (SSSR count). The topological polar surface area (TPSA) is 27.8 Å². The standard InChI is InChI=1S/C24H22N2/c1-2-5-18(6-3-1)16-25-13-11-17-9-10-20-22(15-17)23(20)21-8-4-7-19-12-14-26-24(19)21/h1-10,12,14-15,23,25-26H,11,13,16H2. The van der Waals surface area contributed by atoms with Crippen molar-refractivity contribution in [3.63, 3.8) is 0 Å². The van der Waals surface area contributed by atoms with Gasteiger partial charge >= 0.3 is 0 Å². The molecule has 0 spiro atoms. The molecule has 26 heavy (non-hydrogen) atoms. The molecule has 0 bridgehead atoms. The zero-order chi connectivity index (χ0) is 17.3. The van der Waals surface area contributed by atoms with Crippen LogP contribution in [0.4, 0.5) is 0 Å². The number of para-hydroxylation sites is 1. The highest BCUT2D eigenvalue weighted by Crippen LogP contribution is 2.50. The Kier molecular flexibility index (Phi) is 3.84. The van der Waals surface area contributed by atoms with Crippen LogP contribution in [0.25, 0.3) is 10.9 Å². The third-order valence-electron chi connectivity index (χ3n) is 5.38. The maximum atomic E-state index is 3.55. The molecule has 2 N–H and O–H groups in total. The summed E-state index contributed by atoms with van der Waals surface area (Å²) < 4.78 is 0. The number of H-pyrrole nitrogens is 1. The summed E-state index contributed by atoms with van der Waals surface area (Å²) in [5.74, 6) is 0.475. The molecule has 0 saturated carbocycles. The average Bonchev–Trinajstić information content (AvgIpc) is 3.17. The third kappa shape index (κ3) is 2.83. The lowest BCUT2D eigenvalue weighted by atomic mass is 10.1. The monoisotopic (exact) mass is 338 g/mol. The normalized spacial score (nSPS) is 15.2. The van der Waals surface area contributed by atoms with Gasteiger partial charge in [0.05, 0.1) is 0 Å². The number of rotatable bonds is 6. The molecule has 1 heterocycles. The molecule has 0 saturated heterocycles. The Bertz CT molecular complexity index is 1050. The molecule has 1 atom stereocenters. The molecular weight excluding hydrogens is 316 g/mol. The van der Waals surface area contributed by atoms with Gasteiger partial charge in [-0.15, -0.1) is 0 Å². The van der Waals surface area contributed by atoms with Gasteiger partial charge in [0.15, 0.2) is 0 Å². The maximum absolute atomic E-state index is 3.55. The van der Waals surface area contributed by atoms with E-state index in [-0.39, 0.29) is 0 Å². The lowest BCUT2D eigenvalue weighted by Gasteiger charge is -2.04. The van der Waals surface area contributed by atoms with Gasteiger partial charge in [-0.3, -0.25) is 0 Å². The van der Waals surface area contributed by atoms with Crippen molar-refractivity contribution in [2.75, 3.05) is 6.54 Å². The fraction of sp³-hybridized carbons (Fsp3) is 0.167. The van der Waals surface area contributed by atoms with Gasteiger partial charge in [-0.1, -0.05) is 66.7 Å². The SMILES string of the molecule is c1ccc(CNCCc2ccc3c(c2)C3c2cccc3cc[nH]c23)cc1. The van der Waals surface area contributed by atoms with Crippen LogP contribution in [0.5, 0.6) is 0 Å². The number of fused-ring (bicyclic) bond motifs is 2. The number of hydrogen-bond acceptors (Lipinski definition) is 1. The number of benzene rings is 3. The largest absolute Gasteiger partial charge is 0.361 e. The molecule has 0 fully saturated rings. The van der Waals surface area contributed by atoms with Crippen LogP contribution in [0.1, 0.15) is 33.7 Å². The minimum absolute atomic E-state index is 0.475. The van der Waals surface area contributed by atoms with Crippen LogP contribution in [0.15, 0.2) is 79.0 Å². The van der Waals surface area contributed by atoms with E-state index < -0.39 is 0 Å². The van der Waals surface area contributed by atoms with E-state index in [0.717, 1.165) is 19.5 Å². The molecule has 2 heteroatoms. The van der Waals surface area contributed by atoms with Crippen LogP contribution in [0.3, 0.4) is 0 Å². The predicted molar refractivity (Wildman–Crippen MR) is 108 cm³/mol. The second-order valence-corrected chi connectivity index (χ2v) is 7.10. The van der Waals surface area contributed by atoms with E-state index >= 15 is 0 Å². The zero-order valence-corrected chi connectivity index (χ0v) is 14.7. The van der Waals surface area contributed by atoms with Gasteiger partial charge in [0.25, 0.3) is 0 Å². The van der Waals surface area contributed by atoms with E-state index in [1.807, 2.05) is 6.20 Å². The Morgan fingerprint density at radius 1 is 0.769 bits per heavy atom. The minimum atomic E-state index is 0.475. The summed E-state index contributed by atoms with van der Waals surface area (Å²) >= 11 is 0. The Hall–Kier alpha value is -2.84. The van der Waals surface area contributed by atoms with E-state index in [0.29, 0.717) is 5.92 Å². The van der Waals surface area contributed by atoms with Crippen LogP contribution in [0, 0.1) is 0 Å². The van der Waals surface area contributed by atoms with E-state index in [1.54, 1.807) is 0 Å². The van der Waals surface area contributed by atoms with Gasteiger partial charge in [-0.2, -0.15) is 0 Å². The van der Waals surface area contributed by atoms with Crippen LogP contribution >= 0.6 is 0 Å². The number of aromatic nitrogens is 1. The van der Waals surface area contributed by atoms with Crippen molar-refractivity contribution in [1.29, 1.82) is 0 Å². The summed E-state index contributed by atoms with van der Waals surface area (Å²) in [5.41, 5.74) is 8.42. The second-order valence-electron chi connectivity index (χ2n) is 7.10. The van der Waals surface area contributed by atoms with Crippen molar-refractivity contribution in [1.82, 2.24) is 10.3 Å². The first-order valence-electron chi connectivity index (χ1n) is 9.33. The van der Waals surface area contributed by atoms with E-state index in [1.165, 1.54) is 38.7 Å². The highest BCUT2D eigenvalue weighted by Gasteiger charge is 2.35. The van der Waals surface area contributed by atoms with Gasteiger partial charge in [-0.25, -0.2) is 0 Å². The van der Waals surface area contributed by atoms with Crippen molar-refractivity contribution >= 4 is 10.9 Å². The quantitative estimate of drug-likeness (QED) is 0.419. The smallest absolute Gasteiger partial charge is 0.0496 e. The lowest BCUT2D eigenvalue weighted by Crippen LogP contribution is -2.16. The van der Waals surface area contributed by atoms with Crippen LogP contribution in [-0.4, -0.2) is 11.5 Å². The van der Waals surface area contributed by atoms with Gasteiger partial charge in [0.1, 0.15) is 0 Å². The Morgan fingerprint density at radius 2 is 1.69 bits per heavy atom. The van der Waals surface area contributed by atoms with E-state index in [2.05, 4.69) is 83.1 Å². The average molecular weight is 338 g/mol. The number of hydrogen-bond donors (Lipinski definition) is 2. The Labute approximate surface area is 153 Å². The van der Waals surface area contributed by atoms with Crippen molar-refractivity contribution in [2.45, 2.75) is 18.9 Å². The van der Waals surface area contributed by atoms with Crippen LogP contribution in [-0.2, 0) is 13.0 Å². The maximum Gasteiger partial charge on any atom is 0.0496 e. The summed E-state index contributed by atoms with van der Waals surface area (Å²) in [6, 6.07) is 26.3. The fourth-order valence-corrected chi connectivity index (χ4v) is 3.96. The first-order valence-corrected chi connectivity index (χ1v) is 9.33. The summed E-state index contributed by atoms with van der Waals surface area (Å²) in [6.45, 7) is 1.94. The first-order chi connectivity index (χ1) is 12.9. The zero-order valence-electron chi connectivity index (χ0n) is 14.7. The molecule has 0 aliphatic heterocycles. The minimum Gasteiger partial charge on any atom is -0.361 e. The highest BCUT2D eigenvalue weighted by atomic mass is 14.8. The van der Waals surface area contributed by atoms with Gasteiger partial charge in [-0.05, 0) is 52.2 Å². The highest BCUT2D eigenvalue weighted by molar-refractivity contribution is 5.85. The van der Waals surface area contributed by atoms with Crippen molar-refractivity contribution < 1.29 is 0 Å². The Morgan fingerprint density at radius 3 is 2.62 bits per heavy atom. The van der Waals surface area contributed by atoms with Gasteiger partial charge in [0, 0.05) is 24.2 Å². The molecule has 1 aliphatic carbocycles. The van der Waals surface area contributed by atoms with Crippen LogP contribution < -0.4 is 5.32 Å². The number of aromatic amines is 1. The second kappa shape index (κ2) is 6.47. The van der Waals surface area contributed by atoms with Crippen molar-refractivity contribution in [3.05, 3.63) is 107 Å². The molecule has 3 aromatic carbocycles. The summed E-state index contributed by atoms with van der Waals surface area (Å²) in [7, 11) is 0. The van der Waals surface area contributed by atoms with E-state index in [9.17, 15) is 0 Å². The van der Waals surface area contributed by atoms with Crippen molar-refractivity contribution in [3.8, 4) is 0 Å². The van der Waals surface area contributed by atoms with Crippen LogP contribution in [0.2, 0.25) is 0 Å². The summed E-state index contributed by atoms with van der Waals surface area (Å²) in [6.07, 6.45) is 3.10.